The number of anilines is 1. The van der Waals surface area contributed by atoms with Gasteiger partial charge in [0.2, 0.25) is 0 Å². The van der Waals surface area contributed by atoms with E-state index in [4.69, 9.17) is 16.3 Å². The highest BCUT2D eigenvalue weighted by Gasteiger charge is 2.16. The van der Waals surface area contributed by atoms with E-state index in [9.17, 15) is 14.9 Å². The summed E-state index contributed by atoms with van der Waals surface area (Å²) in [5, 5.41) is 20.8. The van der Waals surface area contributed by atoms with E-state index in [-0.39, 0.29) is 22.8 Å². The van der Waals surface area contributed by atoms with Crippen LogP contribution in [-0.4, -0.2) is 21.0 Å². The van der Waals surface area contributed by atoms with Gasteiger partial charge in [0, 0.05) is 17.2 Å². The fourth-order valence-electron chi connectivity index (χ4n) is 2.30. The summed E-state index contributed by atoms with van der Waals surface area (Å²) >= 11 is 7.89. The number of aromatic nitrogens is 2. The Morgan fingerprint density at radius 1 is 1.33 bits per heavy atom. The average molecular weight is 499 g/mol. The maximum atomic E-state index is 12.3. The lowest BCUT2D eigenvalue weighted by Gasteiger charge is -2.11. The summed E-state index contributed by atoms with van der Waals surface area (Å²) in [7, 11) is 0. The van der Waals surface area contributed by atoms with E-state index in [0.717, 1.165) is 5.56 Å². The molecule has 0 fully saturated rings. The molecule has 2 N–H and O–H groups in total. The number of aromatic amines is 1. The molecule has 0 bridgehead atoms. The summed E-state index contributed by atoms with van der Waals surface area (Å²) in [6.45, 7) is 1.81. The summed E-state index contributed by atoms with van der Waals surface area (Å²) in [6, 6.07) is 9.08. The Bertz CT molecular complexity index is 1040. The third-order valence-corrected chi connectivity index (χ3v) is 4.60. The van der Waals surface area contributed by atoms with Crippen LogP contribution in [0, 0.1) is 20.6 Å². The number of hydrogen-bond acceptors (Lipinski definition) is 5. The zero-order valence-corrected chi connectivity index (χ0v) is 16.7. The van der Waals surface area contributed by atoms with Crippen LogP contribution in [0.5, 0.6) is 11.5 Å². The number of nitro benzene ring substituents is 1. The topological polar surface area (TPSA) is 110 Å². The Morgan fingerprint density at radius 3 is 2.74 bits per heavy atom. The van der Waals surface area contributed by atoms with Crippen molar-refractivity contribution in [3.63, 3.8) is 0 Å². The fraction of sp³-hybridized carbons (Fsp3) is 0.0588. The van der Waals surface area contributed by atoms with Gasteiger partial charge in [0.05, 0.1) is 26.4 Å². The summed E-state index contributed by atoms with van der Waals surface area (Å²) in [5.41, 5.74) is 1.04. The molecule has 0 spiro atoms. The van der Waals surface area contributed by atoms with Crippen LogP contribution in [0.2, 0.25) is 5.02 Å². The number of nitro groups is 1. The number of non-ortho nitro benzene ring substituents is 1. The maximum Gasteiger partial charge on any atom is 0.275 e. The van der Waals surface area contributed by atoms with Crippen molar-refractivity contribution < 1.29 is 14.5 Å². The van der Waals surface area contributed by atoms with Crippen LogP contribution in [0.3, 0.4) is 0 Å². The molecule has 1 aromatic heterocycles. The number of ether oxygens (including phenoxy) is 1. The van der Waals surface area contributed by atoms with Crippen molar-refractivity contribution in [2.45, 2.75) is 6.92 Å². The van der Waals surface area contributed by atoms with E-state index < -0.39 is 10.8 Å². The second-order valence-electron chi connectivity index (χ2n) is 5.53. The third-order valence-electron chi connectivity index (χ3n) is 3.54. The van der Waals surface area contributed by atoms with E-state index in [2.05, 4.69) is 15.5 Å². The summed E-state index contributed by atoms with van der Waals surface area (Å²) in [6.07, 6.45) is 1.50. The highest BCUT2D eigenvalue weighted by atomic mass is 127. The lowest BCUT2D eigenvalue weighted by Crippen LogP contribution is -2.14. The van der Waals surface area contributed by atoms with Gasteiger partial charge in [-0.3, -0.25) is 20.0 Å². The highest BCUT2D eigenvalue weighted by Crippen LogP contribution is 2.32. The highest BCUT2D eigenvalue weighted by molar-refractivity contribution is 14.1. The molecule has 3 aromatic rings. The van der Waals surface area contributed by atoms with Gasteiger partial charge >= 0.3 is 0 Å². The normalized spacial score (nSPS) is 10.5. The molecule has 1 heterocycles. The van der Waals surface area contributed by atoms with Crippen molar-refractivity contribution in [1.29, 1.82) is 0 Å². The number of nitrogens with one attached hydrogen (secondary N) is 2. The van der Waals surface area contributed by atoms with Crippen molar-refractivity contribution in [3.05, 3.63) is 72.6 Å². The van der Waals surface area contributed by atoms with Crippen molar-refractivity contribution in [1.82, 2.24) is 10.2 Å². The van der Waals surface area contributed by atoms with Crippen molar-refractivity contribution >= 4 is 51.5 Å². The molecule has 0 aliphatic carbocycles. The van der Waals surface area contributed by atoms with Gasteiger partial charge in [0.1, 0.15) is 17.2 Å². The van der Waals surface area contributed by atoms with Gasteiger partial charge in [-0.05, 0) is 53.3 Å². The Balaban J connectivity index is 1.92. The number of carbonyl (C=O) groups is 1. The van der Waals surface area contributed by atoms with Crippen LogP contribution in [0.1, 0.15) is 16.1 Å². The first-order chi connectivity index (χ1) is 12.8. The Kier molecular flexibility index (Phi) is 5.61. The molecule has 138 valence electrons. The van der Waals surface area contributed by atoms with E-state index in [0.29, 0.717) is 14.3 Å². The number of H-pyrrole nitrogens is 1. The average Bonchev–Trinajstić information content (AvgIpc) is 3.03. The van der Waals surface area contributed by atoms with Gasteiger partial charge in [0.25, 0.3) is 11.6 Å². The smallest absolute Gasteiger partial charge is 0.275 e. The molecular formula is C17H12ClIN4O4. The minimum absolute atomic E-state index is 0.212. The zero-order chi connectivity index (χ0) is 19.6. The Hall–Kier alpha value is -2.66. The van der Waals surface area contributed by atoms with Crippen LogP contribution in [0.25, 0.3) is 0 Å². The monoisotopic (exact) mass is 498 g/mol. The molecule has 0 aliphatic rings. The van der Waals surface area contributed by atoms with Gasteiger partial charge in [-0.25, -0.2) is 0 Å². The molecule has 8 nitrogen and oxygen atoms in total. The Morgan fingerprint density at radius 2 is 2.11 bits per heavy atom. The fourth-order valence-corrected chi connectivity index (χ4v) is 3.03. The van der Waals surface area contributed by atoms with E-state index in [1.165, 1.54) is 24.4 Å². The Labute approximate surface area is 172 Å². The number of nitrogens with zero attached hydrogens (tertiary/aromatic N) is 2. The van der Waals surface area contributed by atoms with Gasteiger partial charge in [-0.15, -0.1) is 0 Å². The van der Waals surface area contributed by atoms with Crippen LogP contribution >= 0.6 is 34.2 Å². The number of aryl methyl sites for hydroxylation is 1. The molecule has 0 aliphatic heterocycles. The SMILES string of the molecule is Cc1cc(Cl)ccc1Oc1cc(NC(=O)c2[nH]ncc2I)cc([N+](=O)[O-])c1. The first-order valence-electron chi connectivity index (χ1n) is 7.57. The molecular weight excluding hydrogens is 487 g/mol. The molecule has 0 radical (unpaired) electrons. The van der Waals surface area contributed by atoms with Gasteiger partial charge in [0.15, 0.2) is 0 Å². The van der Waals surface area contributed by atoms with Crippen LogP contribution < -0.4 is 10.1 Å². The van der Waals surface area contributed by atoms with Gasteiger partial charge in [-0.1, -0.05) is 11.6 Å². The number of hydrogen-bond donors (Lipinski definition) is 2. The molecule has 27 heavy (non-hydrogen) atoms. The maximum absolute atomic E-state index is 12.3. The summed E-state index contributed by atoms with van der Waals surface area (Å²) < 4.78 is 6.38. The molecule has 0 atom stereocenters. The van der Waals surface area contributed by atoms with Crippen LogP contribution in [0.15, 0.2) is 42.6 Å². The predicted octanol–water partition coefficient (Wildman–Crippen LogP) is 4.93. The summed E-state index contributed by atoms with van der Waals surface area (Å²) in [5.74, 6) is 0.246. The number of benzene rings is 2. The van der Waals surface area contributed by atoms with Crippen molar-refractivity contribution in [3.8, 4) is 11.5 Å². The number of carbonyl (C=O) groups excluding carboxylic acids is 1. The third kappa shape index (κ3) is 4.55. The molecule has 0 saturated heterocycles. The van der Waals surface area contributed by atoms with Crippen LogP contribution in [-0.2, 0) is 0 Å². The second-order valence-corrected chi connectivity index (χ2v) is 7.13. The molecule has 3 rings (SSSR count). The van der Waals surface area contributed by atoms with Crippen molar-refractivity contribution in [2.75, 3.05) is 5.32 Å². The minimum atomic E-state index is -0.558. The molecule has 10 heteroatoms. The van der Waals surface area contributed by atoms with E-state index in [1.54, 1.807) is 25.1 Å². The van der Waals surface area contributed by atoms with Gasteiger partial charge < -0.3 is 10.1 Å². The van der Waals surface area contributed by atoms with Gasteiger partial charge in [-0.2, -0.15) is 5.10 Å². The van der Waals surface area contributed by atoms with Crippen LogP contribution in [0.4, 0.5) is 11.4 Å². The number of rotatable bonds is 5. The number of amides is 1. The van der Waals surface area contributed by atoms with Crippen molar-refractivity contribution in [2.24, 2.45) is 0 Å². The molecule has 0 unspecified atom stereocenters. The zero-order valence-electron chi connectivity index (χ0n) is 13.8. The lowest BCUT2D eigenvalue weighted by molar-refractivity contribution is -0.384. The molecule has 0 saturated carbocycles. The molecule has 2 aromatic carbocycles. The first kappa shape index (κ1) is 19.1. The number of halogens is 2. The summed E-state index contributed by atoms with van der Waals surface area (Å²) in [4.78, 5) is 23.0. The predicted molar refractivity (Wildman–Crippen MR) is 109 cm³/mol. The quantitative estimate of drug-likeness (QED) is 0.294. The van der Waals surface area contributed by atoms with E-state index in [1.807, 2.05) is 22.6 Å². The second kappa shape index (κ2) is 7.92. The lowest BCUT2D eigenvalue weighted by atomic mass is 10.2. The first-order valence-corrected chi connectivity index (χ1v) is 9.03. The van der Waals surface area contributed by atoms with E-state index >= 15 is 0 Å². The minimum Gasteiger partial charge on any atom is -0.457 e. The largest absolute Gasteiger partial charge is 0.457 e. The molecule has 1 amide bonds. The standard InChI is InChI=1S/C17H12ClIN4O4/c1-9-4-10(18)2-3-15(9)27-13-6-11(5-12(7-13)23(25)26)21-17(24)16-14(19)8-20-22-16/h2-8H,1H3,(H,20,22)(H,21,24).